The number of carbonyl (C=O) groups is 2. The Morgan fingerprint density at radius 1 is 1.24 bits per heavy atom. The Kier molecular flexibility index (Phi) is 5.44. The third kappa shape index (κ3) is 4.63. The average molecular weight is 311 g/mol. The summed E-state index contributed by atoms with van der Waals surface area (Å²) in [6.07, 6.45) is 3.85. The van der Waals surface area contributed by atoms with Gasteiger partial charge >= 0.3 is 12.0 Å². The number of carboxylic acid groups (broad SMARTS) is 1. The van der Waals surface area contributed by atoms with Gasteiger partial charge in [0.15, 0.2) is 0 Å². The molecule has 2 N–H and O–H groups in total. The number of rotatable bonds is 5. The topological polar surface area (TPSA) is 69.6 Å². The summed E-state index contributed by atoms with van der Waals surface area (Å²) < 4.78 is 0. The molecule has 2 amide bonds. The van der Waals surface area contributed by atoms with Gasteiger partial charge in [-0.1, -0.05) is 36.6 Å². The van der Waals surface area contributed by atoms with Crippen LogP contribution in [0.5, 0.6) is 0 Å². The fraction of sp³-hybridized carbons (Fsp3) is 0.467. The SMILES string of the molecule is O=C(O)CN(C(=O)NCc1ccc(Cl)cc1)C1CCCC1. The second kappa shape index (κ2) is 7.31. The summed E-state index contributed by atoms with van der Waals surface area (Å²) in [7, 11) is 0. The number of carbonyl (C=O) groups excluding carboxylic acids is 1. The zero-order valence-electron chi connectivity index (χ0n) is 11.7. The minimum absolute atomic E-state index is 0.0336. The summed E-state index contributed by atoms with van der Waals surface area (Å²) in [5.74, 6) is -0.983. The lowest BCUT2D eigenvalue weighted by atomic mass is 10.2. The van der Waals surface area contributed by atoms with Gasteiger partial charge in [0.2, 0.25) is 0 Å². The standard InChI is InChI=1S/C15H19ClN2O3/c16-12-7-5-11(6-8-12)9-17-15(21)18(10-14(19)20)13-3-1-2-4-13/h5-8,13H,1-4,9-10H2,(H,17,21)(H,19,20). The van der Waals surface area contributed by atoms with Crippen LogP contribution in [0.15, 0.2) is 24.3 Å². The van der Waals surface area contributed by atoms with Crippen molar-refractivity contribution in [2.24, 2.45) is 0 Å². The quantitative estimate of drug-likeness (QED) is 0.878. The number of benzene rings is 1. The Bertz CT molecular complexity index is 498. The van der Waals surface area contributed by atoms with Gasteiger partial charge in [-0.05, 0) is 30.5 Å². The molecule has 1 fully saturated rings. The van der Waals surface area contributed by atoms with E-state index in [1.165, 1.54) is 4.90 Å². The van der Waals surface area contributed by atoms with Gasteiger partial charge in [0, 0.05) is 17.6 Å². The van der Waals surface area contributed by atoms with E-state index in [1.807, 2.05) is 12.1 Å². The summed E-state index contributed by atoms with van der Waals surface area (Å²) in [5.41, 5.74) is 0.925. The highest BCUT2D eigenvalue weighted by atomic mass is 35.5. The van der Waals surface area contributed by atoms with Gasteiger partial charge in [-0.2, -0.15) is 0 Å². The maximum atomic E-state index is 12.2. The molecular weight excluding hydrogens is 292 g/mol. The third-order valence-electron chi connectivity index (χ3n) is 3.69. The van der Waals surface area contributed by atoms with Gasteiger partial charge in [-0.3, -0.25) is 4.79 Å². The first-order valence-corrected chi connectivity index (χ1v) is 7.45. The molecule has 6 heteroatoms. The summed E-state index contributed by atoms with van der Waals surface area (Å²) in [6, 6.07) is 6.90. The van der Waals surface area contributed by atoms with Gasteiger partial charge in [0.25, 0.3) is 0 Å². The van der Waals surface area contributed by atoms with Crippen LogP contribution < -0.4 is 5.32 Å². The number of hydrogen-bond acceptors (Lipinski definition) is 2. The van der Waals surface area contributed by atoms with Crippen LogP contribution in [0.1, 0.15) is 31.2 Å². The van der Waals surface area contributed by atoms with E-state index >= 15 is 0 Å². The number of carboxylic acids is 1. The van der Waals surface area contributed by atoms with Crippen molar-refractivity contribution in [3.05, 3.63) is 34.9 Å². The number of halogens is 1. The molecular formula is C15H19ClN2O3. The zero-order valence-corrected chi connectivity index (χ0v) is 12.5. The molecule has 0 unspecified atom stereocenters. The molecule has 1 aliphatic rings. The van der Waals surface area contributed by atoms with Crippen molar-refractivity contribution in [2.45, 2.75) is 38.3 Å². The van der Waals surface area contributed by atoms with Crippen LogP contribution in [0.3, 0.4) is 0 Å². The smallest absolute Gasteiger partial charge is 0.323 e. The molecule has 1 saturated carbocycles. The molecule has 0 spiro atoms. The summed E-state index contributed by atoms with van der Waals surface area (Å²) in [4.78, 5) is 24.6. The first kappa shape index (κ1) is 15.6. The fourth-order valence-electron chi connectivity index (χ4n) is 2.61. The van der Waals surface area contributed by atoms with E-state index in [2.05, 4.69) is 5.32 Å². The second-order valence-electron chi connectivity index (χ2n) is 5.25. The number of urea groups is 1. The normalized spacial score (nSPS) is 14.9. The predicted molar refractivity (Wildman–Crippen MR) is 80.3 cm³/mol. The molecule has 114 valence electrons. The fourth-order valence-corrected chi connectivity index (χ4v) is 2.74. The molecule has 0 heterocycles. The van der Waals surface area contributed by atoms with E-state index in [0.717, 1.165) is 31.2 Å². The molecule has 0 radical (unpaired) electrons. The zero-order chi connectivity index (χ0) is 15.2. The van der Waals surface area contributed by atoms with Crippen molar-refractivity contribution < 1.29 is 14.7 Å². The highest BCUT2D eigenvalue weighted by molar-refractivity contribution is 6.30. The van der Waals surface area contributed by atoms with Gasteiger partial charge in [0.1, 0.15) is 6.54 Å². The molecule has 2 rings (SSSR count). The van der Waals surface area contributed by atoms with E-state index in [4.69, 9.17) is 16.7 Å². The van der Waals surface area contributed by atoms with Crippen molar-refractivity contribution in [3.63, 3.8) is 0 Å². The molecule has 0 bridgehead atoms. The van der Waals surface area contributed by atoms with Crippen LogP contribution in [-0.2, 0) is 11.3 Å². The Morgan fingerprint density at radius 2 is 1.86 bits per heavy atom. The first-order valence-electron chi connectivity index (χ1n) is 7.07. The average Bonchev–Trinajstić information content (AvgIpc) is 2.97. The van der Waals surface area contributed by atoms with Crippen LogP contribution in [0.4, 0.5) is 4.79 Å². The maximum absolute atomic E-state index is 12.2. The van der Waals surface area contributed by atoms with E-state index in [9.17, 15) is 9.59 Å². The van der Waals surface area contributed by atoms with Crippen LogP contribution in [-0.4, -0.2) is 34.6 Å². The first-order chi connectivity index (χ1) is 10.1. The molecule has 0 saturated heterocycles. The van der Waals surface area contributed by atoms with Crippen molar-refractivity contribution in [1.82, 2.24) is 10.2 Å². The minimum atomic E-state index is -0.983. The Hall–Kier alpha value is -1.75. The van der Waals surface area contributed by atoms with E-state index in [1.54, 1.807) is 12.1 Å². The Labute approximate surface area is 128 Å². The van der Waals surface area contributed by atoms with Gasteiger partial charge in [0.05, 0.1) is 0 Å². The molecule has 1 aromatic carbocycles. The summed E-state index contributed by atoms with van der Waals surface area (Å²) in [6.45, 7) is 0.107. The van der Waals surface area contributed by atoms with Crippen LogP contribution >= 0.6 is 11.6 Å². The summed E-state index contributed by atoms with van der Waals surface area (Å²) in [5, 5.41) is 12.4. The number of nitrogens with one attached hydrogen (secondary N) is 1. The highest BCUT2D eigenvalue weighted by Gasteiger charge is 2.28. The monoisotopic (exact) mass is 310 g/mol. The van der Waals surface area contributed by atoms with Gasteiger partial charge < -0.3 is 15.3 Å². The highest BCUT2D eigenvalue weighted by Crippen LogP contribution is 2.23. The lowest BCUT2D eigenvalue weighted by Gasteiger charge is -2.27. The lowest BCUT2D eigenvalue weighted by molar-refractivity contribution is -0.138. The minimum Gasteiger partial charge on any atom is -0.480 e. The molecule has 1 aromatic rings. The molecule has 0 aliphatic heterocycles. The molecule has 21 heavy (non-hydrogen) atoms. The predicted octanol–water partition coefficient (Wildman–Crippen LogP) is 2.88. The molecule has 1 aliphatic carbocycles. The number of aliphatic carboxylic acids is 1. The van der Waals surface area contributed by atoms with E-state index in [-0.39, 0.29) is 18.6 Å². The number of hydrogen-bond donors (Lipinski definition) is 2. The molecule has 0 aromatic heterocycles. The van der Waals surface area contributed by atoms with Crippen molar-refractivity contribution in [2.75, 3.05) is 6.54 Å². The van der Waals surface area contributed by atoms with Crippen LogP contribution in [0.25, 0.3) is 0 Å². The summed E-state index contributed by atoms with van der Waals surface area (Å²) >= 11 is 5.81. The maximum Gasteiger partial charge on any atom is 0.323 e. The second-order valence-corrected chi connectivity index (χ2v) is 5.68. The van der Waals surface area contributed by atoms with Crippen LogP contribution in [0.2, 0.25) is 5.02 Å². The Morgan fingerprint density at radius 3 is 2.43 bits per heavy atom. The van der Waals surface area contributed by atoms with E-state index in [0.29, 0.717) is 11.6 Å². The third-order valence-corrected chi connectivity index (χ3v) is 3.94. The Balaban J connectivity index is 1.94. The van der Waals surface area contributed by atoms with E-state index < -0.39 is 5.97 Å². The van der Waals surface area contributed by atoms with Gasteiger partial charge in [-0.25, -0.2) is 4.79 Å². The number of amides is 2. The molecule has 5 nitrogen and oxygen atoms in total. The van der Waals surface area contributed by atoms with Crippen molar-refractivity contribution in [3.8, 4) is 0 Å². The lowest BCUT2D eigenvalue weighted by Crippen LogP contribution is -2.47. The van der Waals surface area contributed by atoms with Gasteiger partial charge in [-0.15, -0.1) is 0 Å². The van der Waals surface area contributed by atoms with Crippen molar-refractivity contribution in [1.29, 1.82) is 0 Å². The van der Waals surface area contributed by atoms with Crippen LogP contribution in [0, 0.1) is 0 Å². The largest absolute Gasteiger partial charge is 0.480 e. The number of nitrogens with zero attached hydrogens (tertiary/aromatic N) is 1. The van der Waals surface area contributed by atoms with Crippen molar-refractivity contribution >= 4 is 23.6 Å². The molecule has 0 atom stereocenters.